The van der Waals surface area contributed by atoms with Crippen LogP contribution in [0.4, 0.5) is 5.69 Å². The van der Waals surface area contributed by atoms with Gasteiger partial charge in [0.15, 0.2) is 0 Å². The molecule has 0 fully saturated rings. The summed E-state index contributed by atoms with van der Waals surface area (Å²) in [5.41, 5.74) is 0.450. The Hall–Kier alpha value is -0.300. The topological polar surface area (TPSA) is 58.2 Å². The van der Waals surface area contributed by atoms with Crippen molar-refractivity contribution in [3.05, 3.63) is 27.7 Å². The van der Waals surface area contributed by atoms with Crippen molar-refractivity contribution < 1.29 is 8.42 Å². The van der Waals surface area contributed by atoms with Crippen molar-refractivity contribution in [2.75, 3.05) is 11.3 Å². The van der Waals surface area contributed by atoms with Gasteiger partial charge in [0.1, 0.15) is 0 Å². The lowest BCUT2D eigenvalue weighted by molar-refractivity contribution is 0.565. The van der Waals surface area contributed by atoms with Gasteiger partial charge < -0.3 is 0 Å². The second-order valence-corrected chi connectivity index (χ2v) is 6.76. The molecule has 0 heterocycles. The Kier molecular flexibility index (Phi) is 5.24. The molecular formula is C10H14BrClN2O2S. The van der Waals surface area contributed by atoms with Gasteiger partial charge in [0.2, 0.25) is 0 Å². The van der Waals surface area contributed by atoms with Gasteiger partial charge in [-0.2, -0.15) is 13.1 Å². The van der Waals surface area contributed by atoms with Crippen molar-refractivity contribution in [3.63, 3.8) is 0 Å². The van der Waals surface area contributed by atoms with Crippen molar-refractivity contribution in [2.24, 2.45) is 5.92 Å². The first-order chi connectivity index (χ1) is 7.80. The minimum absolute atomic E-state index is 0.250. The number of hydrogen-bond acceptors (Lipinski definition) is 2. The highest BCUT2D eigenvalue weighted by Crippen LogP contribution is 2.26. The van der Waals surface area contributed by atoms with E-state index in [1.54, 1.807) is 18.2 Å². The average molecular weight is 342 g/mol. The quantitative estimate of drug-likeness (QED) is 0.865. The third kappa shape index (κ3) is 5.25. The van der Waals surface area contributed by atoms with E-state index >= 15 is 0 Å². The summed E-state index contributed by atoms with van der Waals surface area (Å²) < 4.78 is 28.8. The molecule has 1 aromatic rings. The van der Waals surface area contributed by atoms with Crippen molar-refractivity contribution in [1.82, 2.24) is 4.72 Å². The summed E-state index contributed by atoms with van der Waals surface area (Å²) in [5.74, 6) is 0.250. The monoisotopic (exact) mass is 340 g/mol. The standard InChI is InChI=1S/C10H14BrClN2O2S/c1-7(2)6-13-17(15,16)14-10-4-3-8(12)5-9(10)11/h3-5,7,13-14H,6H2,1-2H3. The molecule has 4 nitrogen and oxygen atoms in total. The lowest BCUT2D eigenvalue weighted by Gasteiger charge is -2.12. The Bertz CT molecular complexity index is 491. The molecule has 96 valence electrons. The molecule has 0 saturated heterocycles. The smallest absolute Gasteiger partial charge is 0.270 e. The summed E-state index contributed by atoms with van der Waals surface area (Å²) in [6.45, 7) is 4.25. The zero-order chi connectivity index (χ0) is 13.1. The van der Waals surface area contributed by atoms with E-state index in [0.29, 0.717) is 21.7 Å². The van der Waals surface area contributed by atoms with E-state index in [2.05, 4.69) is 25.4 Å². The van der Waals surface area contributed by atoms with E-state index < -0.39 is 10.2 Å². The van der Waals surface area contributed by atoms with Crippen LogP contribution in [0.1, 0.15) is 13.8 Å². The molecule has 0 unspecified atom stereocenters. The van der Waals surface area contributed by atoms with E-state index in [0.717, 1.165) is 0 Å². The Morgan fingerprint density at radius 2 is 2.06 bits per heavy atom. The summed E-state index contributed by atoms with van der Waals surface area (Å²) in [7, 11) is -3.54. The van der Waals surface area contributed by atoms with Crippen LogP contribution in [0, 0.1) is 5.92 Å². The molecule has 2 N–H and O–H groups in total. The fraction of sp³-hybridized carbons (Fsp3) is 0.400. The van der Waals surface area contributed by atoms with Crippen LogP contribution in [-0.4, -0.2) is 15.0 Å². The number of rotatable bonds is 5. The maximum absolute atomic E-state index is 11.7. The van der Waals surface area contributed by atoms with Gasteiger partial charge in [-0.25, -0.2) is 0 Å². The third-order valence-electron chi connectivity index (χ3n) is 1.86. The Balaban J connectivity index is 2.76. The van der Waals surface area contributed by atoms with Gasteiger partial charge in [0.05, 0.1) is 5.69 Å². The van der Waals surface area contributed by atoms with E-state index in [1.165, 1.54) is 0 Å². The van der Waals surface area contributed by atoms with Crippen molar-refractivity contribution >= 4 is 43.4 Å². The van der Waals surface area contributed by atoms with Crippen LogP contribution in [0.25, 0.3) is 0 Å². The predicted octanol–water partition coefficient (Wildman–Crippen LogP) is 3.00. The Morgan fingerprint density at radius 3 is 2.59 bits per heavy atom. The summed E-state index contributed by atoms with van der Waals surface area (Å²) in [6.07, 6.45) is 0. The fourth-order valence-corrected chi connectivity index (χ4v) is 3.03. The van der Waals surface area contributed by atoms with Gasteiger partial charge in [-0.15, -0.1) is 0 Å². The molecule has 7 heteroatoms. The Labute approximate surface area is 115 Å². The molecule has 0 spiro atoms. The van der Waals surface area contributed by atoms with Crippen LogP contribution in [-0.2, 0) is 10.2 Å². The number of anilines is 1. The van der Waals surface area contributed by atoms with Crippen LogP contribution in [0.15, 0.2) is 22.7 Å². The number of benzene rings is 1. The molecule has 1 rings (SSSR count). The van der Waals surface area contributed by atoms with Gasteiger partial charge in [0.25, 0.3) is 10.2 Å². The molecule has 0 aromatic heterocycles. The van der Waals surface area contributed by atoms with E-state index in [9.17, 15) is 8.42 Å². The van der Waals surface area contributed by atoms with E-state index in [1.807, 2.05) is 13.8 Å². The largest absolute Gasteiger partial charge is 0.299 e. The van der Waals surface area contributed by atoms with Crippen molar-refractivity contribution in [1.29, 1.82) is 0 Å². The molecule has 0 atom stereocenters. The number of halogens is 2. The maximum Gasteiger partial charge on any atom is 0.299 e. The lowest BCUT2D eigenvalue weighted by atomic mass is 10.2. The second-order valence-electron chi connectivity index (χ2n) is 3.97. The van der Waals surface area contributed by atoms with Crippen molar-refractivity contribution in [3.8, 4) is 0 Å². The summed E-state index contributed by atoms with van der Waals surface area (Å²) in [4.78, 5) is 0. The highest BCUT2D eigenvalue weighted by atomic mass is 79.9. The first kappa shape index (κ1) is 14.8. The second kappa shape index (κ2) is 6.04. The normalized spacial score (nSPS) is 11.8. The number of nitrogens with one attached hydrogen (secondary N) is 2. The molecule has 0 aliphatic carbocycles. The average Bonchev–Trinajstić information content (AvgIpc) is 2.20. The maximum atomic E-state index is 11.7. The predicted molar refractivity (Wildman–Crippen MR) is 74.5 cm³/mol. The third-order valence-corrected chi connectivity index (χ3v) is 3.78. The van der Waals surface area contributed by atoms with Crippen LogP contribution < -0.4 is 9.44 Å². The molecule has 0 bridgehead atoms. The SMILES string of the molecule is CC(C)CNS(=O)(=O)Nc1ccc(Cl)cc1Br. The highest BCUT2D eigenvalue weighted by molar-refractivity contribution is 9.10. The van der Waals surface area contributed by atoms with E-state index in [-0.39, 0.29) is 5.92 Å². The zero-order valence-corrected chi connectivity index (χ0v) is 12.7. The van der Waals surface area contributed by atoms with E-state index in [4.69, 9.17) is 11.6 Å². The molecule has 0 aliphatic rings. The minimum Gasteiger partial charge on any atom is -0.270 e. The molecule has 0 aliphatic heterocycles. The summed E-state index contributed by atoms with van der Waals surface area (Å²) in [5, 5.41) is 0.537. The molecule has 0 saturated carbocycles. The first-order valence-electron chi connectivity index (χ1n) is 5.02. The van der Waals surface area contributed by atoms with Gasteiger partial charge >= 0.3 is 0 Å². The Morgan fingerprint density at radius 1 is 1.41 bits per heavy atom. The molecular weight excluding hydrogens is 328 g/mol. The summed E-state index contributed by atoms with van der Waals surface area (Å²) in [6, 6.07) is 4.84. The highest BCUT2D eigenvalue weighted by Gasteiger charge is 2.12. The van der Waals surface area contributed by atoms with Crippen LogP contribution >= 0.6 is 27.5 Å². The first-order valence-corrected chi connectivity index (χ1v) is 7.68. The van der Waals surface area contributed by atoms with Gasteiger partial charge in [-0.3, -0.25) is 4.72 Å². The van der Waals surface area contributed by atoms with Gasteiger partial charge in [-0.1, -0.05) is 25.4 Å². The molecule has 0 amide bonds. The summed E-state index contributed by atoms with van der Waals surface area (Å²) >= 11 is 9.01. The van der Waals surface area contributed by atoms with Gasteiger partial charge in [0, 0.05) is 16.0 Å². The zero-order valence-electron chi connectivity index (χ0n) is 9.50. The van der Waals surface area contributed by atoms with Crippen LogP contribution in [0.3, 0.4) is 0 Å². The molecule has 0 radical (unpaired) electrons. The van der Waals surface area contributed by atoms with Crippen LogP contribution in [0.2, 0.25) is 5.02 Å². The molecule has 1 aromatic carbocycles. The lowest BCUT2D eigenvalue weighted by Crippen LogP contribution is -2.32. The minimum atomic E-state index is -3.54. The fourth-order valence-electron chi connectivity index (χ4n) is 1.03. The number of hydrogen-bond donors (Lipinski definition) is 2. The van der Waals surface area contributed by atoms with Gasteiger partial charge in [-0.05, 0) is 40.0 Å². The molecule has 17 heavy (non-hydrogen) atoms. The van der Waals surface area contributed by atoms with Crippen LogP contribution in [0.5, 0.6) is 0 Å². The van der Waals surface area contributed by atoms with Crippen molar-refractivity contribution in [2.45, 2.75) is 13.8 Å².